The largest absolute Gasteiger partial charge is 0.369 e. The molecule has 0 bridgehead atoms. The highest BCUT2D eigenvalue weighted by Crippen LogP contribution is 2.35. The summed E-state index contributed by atoms with van der Waals surface area (Å²) >= 11 is 6.66. The Morgan fingerprint density at radius 1 is 1.36 bits per heavy atom. The second-order valence-electron chi connectivity index (χ2n) is 8.51. The summed E-state index contributed by atoms with van der Waals surface area (Å²) in [4.78, 5) is 47.2. The molecule has 1 unspecified atom stereocenters. The molecule has 2 amide bonds. The van der Waals surface area contributed by atoms with Gasteiger partial charge in [-0.3, -0.25) is 23.7 Å². The fourth-order valence-corrected chi connectivity index (χ4v) is 5.66. The Kier molecular flexibility index (Phi) is 6.58. The third-order valence-corrected chi connectivity index (χ3v) is 7.72. The van der Waals surface area contributed by atoms with Crippen molar-refractivity contribution in [3.63, 3.8) is 0 Å². The lowest BCUT2D eigenvalue weighted by molar-refractivity contribution is -0.123. The second-order valence-corrected chi connectivity index (χ2v) is 10.2. The van der Waals surface area contributed by atoms with E-state index >= 15 is 0 Å². The first kappa shape index (κ1) is 23.4. The first-order chi connectivity index (χ1) is 15.7. The van der Waals surface area contributed by atoms with Crippen molar-refractivity contribution in [2.45, 2.75) is 46.1 Å². The van der Waals surface area contributed by atoms with Crippen molar-refractivity contribution >= 4 is 57.7 Å². The summed E-state index contributed by atoms with van der Waals surface area (Å²) in [5.41, 5.74) is 7.04. The molecule has 4 heterocycles. The van der Waals surface area contributed by atoms with E-state index in [-0.39, 0.29) is 29.3 Å². The minimum Gasteiger partial charge on any atom is -0.369 e. The molecular weight excluding hydrogens is 458 g/mol. The van der Waals surface area contributed by atoms with Crippen LogP contribution in [0.15, 0.2) is 28.0 Å². The van der Waals surface area contributed by atoms with Crippen LogP contribution in [0.5, 0.6) is 0 Å². The first-order valence-electron chi connectivity index (χ1n) is 11.1. The number of thioether (sulfide) groups is 1. The van der Waals surface area contributed by atoms with Gasteiger partial charge in [0.1, 0.15) is 15.8 Å². The maximum atomic E-state index is 13.6. The van der Waals surface area contributed by atoms with E-state index < -0.39 is 0 Å². The number of carbonyl (C=O) groups is 2. The standard InChI is InChI=1S/C23H27N5O3S2/c1-4-14(3)28-22(31)17(33-23(28)32)12-16-20(26-10-7-15(8-11-26)18(24)29)25-19-13(2)6-5-9-27(19)21(16)30/h5-6,9,12,14-15H,4,7-8,10-11H2,1-3H3,(H2,24,29)/b17-12+. The monoisotopic (exact) mass is 485 g/mol. The minimum atomic E-state index is -0.300. The Hall–Kier alpha value is -2.72. The first-order valence-corrected chi connectivity index (χ1v) is 12.3. The Labute approximate surface area is 201 Å². The van der Waals surface area contributed by atoms with E-state index in [0.717, 1.165) is 12.0 Å². The van der Waals surface area contributed by atoms with Crippen LogP contribution in [0, 0.1) is 12.8 Å². The van der Waals surface area contributed by atoms with Gasteiger partial charge in [-0.2, -0.15) is 0 Å². The highest BCUT2D eigenvalue weighted by molar-refractivity contribution is 8.26. The van der Waals surface area contributed by atoms with Crippen LogP contribution in [0.1, 0.15) is 44.2 Å². The van der Waals surface area contributed by atoms with Crippen molar-refractivity contribution in [1.82, 2.24) is 14.3 Å². The molecule has 1 atom stereocenters. The summed E-state index contributed by atoms with van der Waals surface area (Å²) in [5, 5.41) is 0. The van der Waals surface area contributed by atoms with Gasteiger partial charge in [-0.05, 0) is 50.8 Å². The number of aryl methyl sites for hydroxylation is 1. The lowest BCUT2D eigenvalue weighted by atomic mass is 9.96. The third kappa shape index (κ3) is 4.29. The zero-order valence-corrected chi connectivity index (χ0v) is 20.5. The van der Waals surface area contributed by atoms with Gasteiger partial charge in [0.2, 0.25) is 5.91 Å². The highest BCUT2D eigenvalue weighted by Gasteiger charge is 2.35. The predicted molar refractivity (Wildman–Crippen MR) is 135 cm³/mol. The molecule has 33 heavy (non-hydrogen) atoms. The van der Waals surface area contributed by atoms with Crippen molar-refractivity contribution in [2.75, 3.05) is 18.0 Å². The molecule has 4 rings (SSSR count). The van der Waals surface area contributed by atoms with Gasteiger partial charge in [0.15, 0.2) is 0 Å². The smallest absolute Gasteiger partial charge is 0.267 e. The number of aromatic nitrogens is 2. The van der Waals surface area contributed by atoms with Gasteiger partial charge in [-0.1, -0.05) is 37.0 Å². The van der Waals surface area contributed by atoms with E-state index in [4.69, 9.17) is 22.9 Å². The van der Waals surface area contributed by atoms with Crippen LogP contribution in [0.2, 0.25) is 0 Å². The number of thiocarbonyl (C=S) groups is 1. The molecule has 0 aliphatic carbocycles. The normalized spacial score (nSPS) is 19.7. The number of piperidine rings is 1. The lowest BCUT2D eigenvalue weighted by Gasteiger charge is -2.32. The van der Waals surface area contributed by atoms with Crippen LogP contribution in [0.3, 0.4) is 0 Å². The number of nitrogens with zero attached hydrogens (tertiary/aromatic N) is 4. The second kappa shape index (κ2) is 9.26. The summed E-state index contributed by atoms with van der Waals surface area (Å²) in [7, 11) is 0. The average Bonchev–Trinajstić information content (AvgIpc) is 3.08. The van der Waals surface area contributed by atoms with Crippen LogP contribution in [-0.4, -0.2) is 49.6 Å². The third-order valence-electron chi connectivity index (χ3n) is 6.39. The maximum Gasteiger partial charge on any atom is 0.267 e. The number of pyridine rings is 1. The van der Waals surface area contributed by atoms with E-state index in [1.807, 2.05) is 31.7 Å². The summed E-state index contributed by atoms with van der Waals surface area (Å²) < 4.78 is 2.00. The quantitative estimate of drug-likeness (QED) is 0.513. The Morgan fingerprint density at radius 2 is 2.06 bits per heavy atom. The van der Waals surface area contributed by atoms with E-state index in [1.165, 1.54) is 16.2 Å². The number of hydrogen-bond donors (Lipinski definition) is 1. The topological polar surface area (TPSA) is 101 Å². The molecule has 2 N–H and O–H groups in total. The fourth-order valence-electron chi connectivity index (χ4n) is 4.22. The lowest BCUT2D eigenvalue weighted by Crippen LogP contribution is -2.40. The van der Waals surface area contributed by atoms with Crippen LogP contribution in [-0.2, 0) is 9.59 Å². The molecule has 2 aliphatic heterocycles. The summed E-state index contributed by atoms with van der Waals surface area (Å²) in [5.74, 6) is -0.150. The SMILES string of the molecule is CCC(C)N1C(=O)/C(=C\c2c(N3CCC(C(N)=O)CC3)nc3c(C)cccn3c2=O)SC1=S. The van der Waals surface area contributed by atoms with Crippen molar-refractivity contribution in [2.24, 2.45) is 11.7 Å². The van der Waals surface area contributed by atoms with Crippen LogP contribution in [0.25, 0.3) is 11.7 Å². The van der Waals surface area contributed by atoms with Crippen molar-refractivity contribution < 1.29 is 9.59 Å². The number of anilines is 1. The summed E-state index contributed by atoms with van der Waals surface area (Å²) in [6, 6.07) is 3.69. The van der Waals surface area contributed by atoms with Gasteiger partial charge >= 0.3 is 0 Å². The van der Waals surface area contributed by atoms with E-state index in [0.29, 0.717) is 52.2 Å². The molecule has 2 aromatic heterocycles. The van der Waals surface area contributed by atoms with Crippen molar-refractivity contribution in [1.29, 1.82) is 0 Å². The zero-order valence-electron chi connectivity index (χ0n) is 18.9. The molecule has 0 saturated carbocycles. The average molecular weight is 486 g/mol. The molecule has 0 aromatic carbocycles. The zero-order chi connectivity index (χ0) is 23.9. The van der Waals surface area contributed by atoms with Gasteiger partial charge in [-0.25, -0.2) is 4.98 Å². The van der Waals surface area contributed by atoms with E-state index in [1.54, 1.807) is 23.2 Å². The Morgan fingerprint density at radius 3 is 2.70 bits per heavy atom. The number of amides is 2. The molecule has 174 valence electrons. The van der Waals surface area contributed by atoms with E-state index in [9.17, 15) is 14.4 Å². The van der Waals surface area contributed by atoms with Crippen molar-refractivity contribution in [3.8, 4) is 0 Å². The van der Waals surface area contributed by atoms with Gasteiger partial charge in [-0.15, -0.1) is 0 Å². The van der Waals surface area contributed by atoms with Gasteiger partial charge in [0, 0.05) is 31.2 Å². The summed E-state index contributed by atoms with van der Waals surface area (Å²) in [6.07, 6.45) is 5.28. The Bertz CT molecular complexity index is 1230. The molecule has 0 radical (unpaired) electrons. The molecule has 2 fully saturated rings. The molecule has 0 spiro atoms. The number of rotatable bonds is 5. The minimum absolute atomic E-state index is 0.0193. The number of fused-ring (bicyclic) bond motifs is 1. The van der Waals surface area contributed by atoms with Gasteiger partial charge in [0.25, 0.3) is 11.5 Å². The van der Waals surface area contributed by atoms with E-state index in [2.05, 4.69) is 0 Å². The Balaban J connectivity index is 1.83. The van der Waals surface area contributed by atoms with Gasteiger partial charge < -0.3 is 10.6 Å². The molecule has 2 saturated heterocycles. The molecule has 2 aliphatic rings. The summed E-state index contributed by atoms with van der Waals surface area (Å²) in [6.45, 7) is 6.97. The van der Waals surface area contributed by atoms with Crippen LogP contribution < -0.4 is 16.2 Å². The number of hydrogen-bond acceptors (Lipinski definition) is 7. The fraction of sp³-hybridized carbons (Fsp3) is 0.435. The predicted octanol–water partition coefficient (Wildman–Crippen LogP) is 2.70. The molecule has 8 nitrogen and oxygen atoms in total. The molecule has 2 aromatic rings. The molecular formula is C23H27N5O3S2. The highest BCUT2D eigenvalue weighted by atomic mass is 32.2. The van der Waals surface area contributed by atoms with Crippen molar-refractivity contribution in [3.05, 3.63) is 44.7 Å². The van der Waals surface area contributed by atoms with Crippen LogP contribution in [0.4, 0.5) is 5.82 Å². The number of carbonyl (C=O) groups excluding carboxylic acids is 2. The van der Waals surface area contributed by atoms with Crippen LogP contribution >= 0.6 is 24.0 Å². The maximum absolute atomic E-state index is 13.6. The number of nitrogens with two attached hydrogens (primary N) is 1. The molecule has 10 heteroatoms. The number of primary amides is 1. The van der Waals surface area contributed by atoms with Gasteiger partial charge in [0.05, 0.1) is 10.5 Å².